The van der Waals surface area contributed by atoms with Gasteiger partial charge >= 0.3 is 0 Å². The summed E-state index contributed by atoms with van der Waals surface area (Å²) in [5, 5.41) is 3.29. The number of anilines is 1. The van der Waals surface area contributed by atoms with Crippen molar-refractivity contribution < 1.29 is 13.2 Å². The van der Waals surface area contributed by atoms with Gasteiger partial charge in [-0.25, -0.2) is 13.1 Å². The molecule has 0 aromatic heterocycles. The maximum atomic E-state index is 12.4. The Morgan fingerprint density at radius 3 is 2.32 bits per heavy atom. The second-order valence-corrected chi connectivity index (χ2v) is 8.25. The second kappa shape index (κ2) is 7.99. The van der Waals surface area contributed by atoms with Crippen molar-refractivity contribution >= 4 is 33.2 Å². The predicted molar refractivity (Wildman–Crippen MR) is 100 cm³/mol. The van der Waals surface area contributed by atoms with Crippen LogP contribution < -0.4 is 10.0 Å². The first-order chi connectivity index (χ1) is 11.7. The van der Waals surface area contributed by atoms with Gasteiger partial charge in [0.2, 0.25) is 15.9 Å². The van der Waals surface area contributed by atoms with E-state index in [9.17, 15) is 13.2 Å². The van der Waals surface area contributed by atoms with E-state index in [-0.39, 0.29) is 23.3 Å². The van der Waals surface area contributed by atoms with Crippen molar-refractivity contribution in [3.8, 4) is 0 Å². The molecule has 1 amide bonds. The molecular weight excluding hydrogens is 360 g/mol. The Morgan fingerprint density at radius 1 is 1.12 bits per heavy atom. The quantitative estimate of drug-likeness (QED) is 0.801. The molecule has 2 N–H and O–H groups in total. The Labute approximate surface area is 153 Å². The molecular formula is C18H21ClN2O3S. The van der Waals surface area contributed by atoms with Gasteiger partial charge in [-0.15, -0.1) is 0 Å². The molecule has 0 aliphatic rings. The summed E-state index contributed by atoms with van der Waals surface area (Å²) in [7, 11) is -3.62. The fourth-order valence-electron chi connectivity index (χ4n) is 2.16. The highest BCUT2D eigenvalue weighted by Gasteiger charge is 2.16. The number of nitrogens with one attached hydrogen (secondary N) is 2. The number of hydrogen-bond donors (Lipinski definition) is 2. The van der Waals surface area contributed by atoms with Crippen molar-refractivity contribution in [2.75, 3.05) is 5.32 Å². The van der Waals surface area contributed by atoms with Gasteiger partial charge in [-0.05, 0) is 48.4 Å². The molecule has 0 bridgehead atoms. The highest BCUT2D eigenvalue weighted by molar-refractivity contribution is 7.89. The molecule has 7 heteroatoms. The van der Waals surface area contributed by atoms with E-state index in [4.69, 9.17) is 11.6 Å². The smallest absolute Gasteiger partial charge is 0.241 e. The van der Waals surface area contributed by atoms with Gasteiger partial charge in [-0.3, -0.25) is 4.79 Å². The third-order valence-corrected chi connectivity index (χ3v) is 5.44. The van der Waals surface area contributed by atoms with Gasteiger partial charge in [0.15, 0.2) is 0 Å². The molecule has 134 valence electrons. The van der Waals surface area contributed by atoms with E-state index in [0.29, 0.717) is 16.3 Å². The Morgan fingerprint density at radius 2 is 1.76 bits per heavy atom. The maximum Gasteiger partial charge on any atom is 0.241 e. The van der Waals surface area contributed by atoms with Gasteiger partial charge in [0.25, 0.3) is 0 Å². The van der Waals surface area contributed by atoms with Gasteiger partial charge in [0.05, 0.1) is 4.90 Å². The van der Waals surface area contributed by atoms with Gasteiger partial charge in [0.1, 0.15) is 0 Å². The fourth-order valence-corrected chi connectivity index (χ4v) is 3.63. The van der Waals surface area contributed by atoms with Crippen LogP contribution in [0, 0.1) is 12.8 Å². The summed E-state index contributed by atoms with van der Waals surface area (Å²) in [6.45, 7) is 5.49. The van der Waals surface area contributed by atoms with E-state index in [1.54, 1.807) is 43.3 Å². The van der Waals surface area contributed by atoms with Crippen LogP contribution >= 0.6 is 11.6 Å². The van der Waals surface area contributed by atoms with Crippen molar-refractivity contribution in [3.63, 3.8) is 0 Å². The largest absolute Gasteiger partial charge is 0.326 e. The van der Waals surface area contributed by atoms with Crippen molar-refractivity contribution in [1.82, 2.24) is 4.72 Å². The minimum absolute atomic E-state index is 0.0633. The van der Waals surface area contributed by atoms with Gasteiger partial charge in [-0.2, -0.15) is 0 Å². The molecule has 0 spiro atoms. The molecule has 0 saturated carbocycles. The molecule has 0 saturated heterocycles. The van der Waals surface area contributed by atoms with Gasteiger partial charge < -0.3 is 5.32 Å². The van der Waals surface area contributed by atoms with Crippen LogP contribution in [0.2, 0.25) is 5.02 Å². The van der Waals surface area contributed by atoms with E-state index in [0.717, 1.165) is 5.56 Å². The number of rotatable bonds is 6. The zero-order chi connectivity index (χ0) is 18.6. The molecule has 0 unspecified atom stereocenters. The summed E-state index contributed by atoms with van der Waals surface area (Å²) in [6.07, 6.45) is 0. The summed E-state index contributed by atoms with van der Waals surface area (Å²) in [5.74, 6) is -0.166. The number of carbonyl (C=O) groups excluding carboxylic acids is 1. The minimum atomic E-state index is -3.62. The highest BCUT2D eigenvalue weighted by Crippen LogP contribution is 2.20. The van der Waals surface area contributed by atoms with Crippen LogP contribution in [0.1, 0.15) is 25.0 Å². The molecule has 2 rings (SSSR count). The fraction of sp³-hybridized carbons (Fsp3) is 0.278. The number of hydrogen-bond acceptors (Lipinski definition) is 3. The predicted octanol–water partition coefficient (Wildman–Crippen LogP) is 3.72. The third kappa shape index (κ3) is 5.29. The summed E-state index contributed by atoms with van der Waals surface area (Å²) in [5.41, 5.74) is 2.06. The Balaban J connectivity index is 2.04. The molecule has 5 nitrogen and oxygen atoms in total. The van der Waals surface area contributed by atoms with Crippen LogP contribution in [0.25, 0.3) is 0 Å². The standard InChI is InChI=1S/C18H21ClN2O3S/c1-12(2)18(22)21-16-7-4-14(5-8-16)11-20-25(23,24)17-9-6-15(19)10-13(17)3/h4-10,12,20H,11H2,1-3H3,(H,21,22). The van der Waals surface area contributed by atoms with Crippen LogP contribution in [0.3, 0.4) is 0 Å². The van der Waals surface area contributed by atoms with Crippen LogP contribution in [-0.4, -0.2) is 14.3 Å². The van der Waals surface area contributed by atoms with Crippen LogP contribution in [0.5, 0.6) is 0 Å². The third-order valence-electron chi connectivity index (χ3n) is 3.64. The molecule has 0 aliphatic carbocycles. The van der Waals surface area contributed by atoms with Crippen molar-refractivity contribution in [3.05, 3.63) is 58.6 Å². The van der Waals surface area contributed by atoms with E-state index in [1.165, 1.54) is 6.07 Å². The lowest BCUT2D eigenvalue weighted by atomic mass is 10.2. The summed E-state index contributed by atoms with van der Waals surface area (Å²) >= 11 is 5.87. The molecule has 0 heterocycles. The maximum absolute atomic E-state index is 12.4. The lowest BCUT2D eigenvalue weighted by Crippen LogP contribution is -2.24. The normalized spacial score (nSPS) is 11.6. The van der Waals surface area contributed by atoms with E-state index in [2.05, 4.69) is 10.0 Å². The molecule has 0 aliphatic heterocycles. The summed E-state index contributed by atoms with van der Waals surface area (Å²) < 4.78 is 27.4. The van der Waals surface area contributed by atoms with Crippen LogP contribution in [0.15, 0.2) is 47.4 Å². The SMILES string of the molecule is Cc1cc(Cl)ccc1S(=O)(=O)NCc1ccc(NC(=O)C(C)C)cc1. The van der Waals surface area contributed by atoms with E-state index in [1.807, 2.05) is 13.8 Å². The first kappa shape index (κ1) is 19.4. The van der Waals surface area contributed by atoms with Gasteiger partial charge in [0, 0.05) is 23.2 Å². The Bertz CT molecular complexity index is 862. The first-order valence-corrected chi connectivity index (χ1v) is 9.71. The lowest BCUT2D eigenvalue weighted by Gasteiger charge is -2.11. The average Bonchev–Trinajstić information content (AvgIpc) is 2.53. The number of carbonyl (C=O) groups is 1. The molecule has 0 fully saturated rings. The van der Waals surface area contributed by atoms with Gasteiger partial charge in [-0.1, -0.05) is 37.6 Å². The van der Waals surface area contributed by atoms with Crippen LogP contribution in [-0.2, 0) is 21.4 Å². The van der Waals surface area contributed by atoms with Crippen molar-refractivity contribution in [2.24, 2.45) is 5.92 Å². The molecule has 0 atom stereocenters. The van der Waals surface area contributed by atoms with Crippen LogP contribution in [0.4, 0.5) is 5.69 Å². The lowest BCUT2D eigenvalue weighted by molar-refractivity contribution is -0.118. The number of sulfonamides is 1. The topological polar surface area (TPSA) is 75.3 Å². The summed E-state index contributed by atoms with van der Waals surface area (Å²) in [6, 6.07) is 11.7. The van der Waals surface area contributed by atoms with E-state index < -0.39 is 10.0 Å². The second-order valence-electron chi connectivity index (χ2n) is 6.08. The highest BCUT2D eigenvalue weighted by atomic mass is 35.5. The van der Waals surface area contributed by atoms with Crippen molar-refractivity contribution in [1.29, 1.82) is 0 Å². The number of amides is 1. The monoisotopic (exact) mass is 380 g/mol. The Kier molecular flexibility index (Phi) is 6.21. The number of halogens is 1. The molecule has 25 heavy (non-hydrogen) atoms. The molecule has 0 radical (unpaired) electrons. The number of benzene rings is 2. The molecule has 2 aromatic carbocycles. The minimum Gasteiger partial charge on any atom is -0.326 e. The number of aryl methyl sites for hydroxylation is 1. The van der Waals surface area contributed by atoms with E-state index >= 15 is 0 Å². The zero-order valence-corrected chi connectivity index (χ0v) is 15.9. The molecule has 2 aromatic rings. The Hall–Kier alpha value is -1.89. The van der Waals surface area contributed by atoms with Crippen molar-refractivity contribution in [2.45, 2.75) is 32.2 Å². The zero-order valence-electron chi connectivity index (χ0n) is 14.3. The summed E-state index contributed by atoms with van der Waals surface area (Å²) in [4.78, 5) is 11.9. The average molecular weight is 381 g/mol. The first-order valence-electron chi connectivity index (χ1n) is 7.84.